The van der Waals surface area contributed by atoms with Gasteiger partial charge in [0.25, 0.3) is 0 Å². The summed E-state index contributed by atoms with van der Waals surface area (Å²) in [7, 11) is -2.47. The molecule has 0 aliphatic carbocycles. The summed E-state index contributed by atoms with van der Waals surface area (Å²) in [5, 5.41) is 9.47. The zero-order valence-electron chi connectivity index (χ0n) is 12.2. The minimum Gasteiger partial charge on any atom is -0.495 e. The quantitative estimate of drug-likeness (QED) is 0.703. The van der Waals surface area contributed by atoms with Gasteiger partial charge in [-0.25, -0.2) is 13.1 Å². The van der Waals surface area contributed by atoms with Crippen LogP contribution in [-0.4, -0.2) is 39.9 Å². The van der Waals surface area contributed by atoms with Gasteiger partial charge in [-0.1, -0.05) is 11.6 Å². The second-order valence-corrected chi connectivity index (χ2v) is 6.74. The van der Waals surface area contributed by atoms with Crippen molar-refractivity contribution in [3.8, 4) is 5.75 Å². The summed E-state index contributed by atoms with van der Waals surface area (Å²) in [6.45, 7) is 3.74. The molecule has 0 spiro atoms. The van der Waals surface area contributed by atoms with Gasteiger partial charge in [0.15, 0.2) is 0 Å². The molecule has 0 aliphatic rings. The number of benzene rings is 1. The van der Waals surface area contributed by atoms with Crippen molar-refractivity contribution in [1.29, 1.82) is 0 Å². The SMILES string of the molecule is COc1c(CO)cc(Cl)cc1S(=O)(=O)NCCOC(C)C. The molecule has 0 aliphatic heterocycles. The summed E-state index contributed by atoms with van der Waals surface area (Å²) in [4.78, 5) is -0.105. The Kier molecular flexibility index (Phi) is 6.89. The van der Waals surface area contributed by atoms with E-state index in [2.05, 4.69) is 4.72 Å². The van der Waals surface area contributed by atoms with Crippen LogP contribution >= 0.6 is 11.6 Å². The van der Waals surface area contributed by atoms with E-state index in [1.807, 2.05) is 13.8 Å². The smallest absolute Gasteiger partial charge is 0.244 e. The van der Waals surface area contributed by atoms with Gasteiger partial charge in [-0.15, -0.1) is 0 Å². The highest BCUT2D eigenvalue weighted by molar-refractivity contribution is 7.89. The Labute approximate surface area is 130 Å². The fourth-order valence-corrected chi connectivity index (χ4v) is 3.27. The summed E-state index contributed by atoms with van der Waals surface area (Å²) in [5.74, 6) is 0.0826. The molecule has 0 aromatic heterocycles. The van der Waals surface area contributed by atoms with Crippen LogP contribution in [0.25, 0.3) is 0 Å². The molecule has 21 heavy (non-hydrogen) atoms. The lowest BCUT2D eigenvalue weighted by Gasteiger charge is -2.14. The fourth-order valence-electron chi connectivity index (χ4n) is 1.72. The number of aliphatic hydroxyl groups is 1. The van der Waals surface area contributed by atoms with Gasteiger partial charge < -0.3 is 14.6 Å². The van der Waals surface area contributed by atoms with Crippen molar-refractivity contribution in [3.05, 3.63) is 22.7 Å². The molecule has 8 heteroatoms. The lowest BCUT2D eigenvalue weighted by Crippen LogP contribution is -2.28. The molecule has 1 aromatic carbocycles. The van der Waals surface area contributed by atoms with E-state index < -0.39 is 10.0 Å². The highest BCUT2D eigenvalue weighted by Crippen LogP contribution is 2.31. The van der Waals surface area contributed by atoms with E-state index in [1.165, 1.54) is 19.2 Å². The molecule has 0 atom stereocenters. The van der Waals surface area contributed by atoms with Gasteiger partial charge >= 0.3 is 0 Å². The highest BCUT2D eigenvalue weighted by Gasteiger charge is 2.22. The maximum absolute atomic E-state index is 12.3. The third kappa shape index (κ3) is 5.12. The molecule has 2 N–H and O–H groups in total. The second-order valence-electron chi connectivity index (χ2n) is 4.57. The van der Waals surface area contributed by atoms with E-state index in [0.717, 1.165) is 0 Å². The number of sulfonamides is 1. The number of aliphatic hydroxyl groups excluding tert-OH is 1. The maximum Gasteiger partial charge on any atom is 0.244 e. The predicted octanol–water partition coefficient (Wildman–Crippen LogP) is 1.54. The van der Waals surface area contributed by atoms with Crippen molar-refractivity contribution in [2.24, 2.45) is 0 Å². The van der Waals surface area contributed by atoms with E-state index in [4.69, 9.17) is 21.1 Å². The Morgan fingerprint density at radius 2 is 2.05 bits per heavy atom. The average molecular weight is 338 g/mol. The van der Waals surface area contributed by atoms with Gasteiger partial charge in [0, 0.05) is 17.1 Å². The minimum absolute atomic E-state index is 0.0243. The Morgan fingerprint density at radius 1 is 1.38 bits per heavy atom. The van der Waals surface area contributed by atoms with Crippen LogP contribution in [0.4, 0.5) is 0 Å². The number of hydrogen-bond donors (Lipinski definition) is 2. The van der Waals surface area contributed by atoms with Crippen molar-refractivity contribution in [2.45, 2.75) is 31.5 Å². The van der Waals surface area contributed by atoms with Crippen LogP contribution in [0.15, 0.2) is 17.0 Å². The molecule has 0 unspecified atom stereocenters. The number of halogens is 1. The number of ether oxygens (including phenoxy) is 2. The van der Waals surface area contributed by atoms with Gasteiger partial charge in [-0.3, -0.25) is 0 Å². The summed E-state index contributed by atoms with van der Waals surface area (Å²) < 4.78 is 37.3. The molecule has 0 amide bonds. The Hall–Kier alpha value is -0.860. The summed E-state index contributed by atoms with van der Waals surface area (Å²) >= 11 is 5.88. The Bertz CT molecular complexity index is 574. The number of hydrogen-bond acceptors (Lipinski definition) is 5. The minimum atomic E-state index is -3.81. The van der Waals surface area contributed by atoms with E-state index in [-0.39, 0.29) is 41.5 Å². The summed E-state index contributed by atoms with van der Waals surface area (Å²) in [5.41, 5.74) is 0.309. The predicted molar refractivity (Wildman–Crippen MR) is 80.2 cm³/mol. The number of nitrogens with one attached hydrogen (secondary N) is 1. The van der Waals surface area contributed by atoms with Crippen LogP contribution < -0.4 is 9.46 Å². The normalized spacial score (nSPS) is 11.9. The first kappa shape index (κ1) is 18.2. The largest absolute Gasteiger partial charge is 0.495 e. The van der Waals surface area contributed by atoms with E-state index in [0.29, 0.717) is 5.56 Å². The molecular weight excluding hydrogens is 318 g/mol. The number of rotatable bonds is 8. The fraction of sp³-hybridized carbons (Fsp3) is 0.538. The second kappa shape index (κ2) is 7.95. The van der Waals surface area contributed by atoms with E-state index >= 15 is 0 Å². The van der Waals surface area contributed by atoms with E-state index in [1.54, 1.807) is 0 Å². The van der Waals surface area contributed by atoms with Crippen LogP contribution in [0.5, 0.6) is 5.75 Å². The van der Waals surface area contributed by atoms with Crippen LogP contribution in [0.2, 0.25) is 5.02 Å². The van der Waals surface area contributed by atoms with Crippen molar-refractivity contribution in [3.63, 3.8) is 0 Å². The molecule has 0 saturated carbocycles. The van der Waals surface area contributed by atoms with Crippen molar-refractivity contribution in [2.75, 3.05) is 20.3 Å². The van der Waals surface area contributed by atoms with Crippen LogP contribution in [0.3, 0.4) is 0 Å². The molecule has 0 heterocycles. The maximum atomic E-state index is 12.3. The molecule has 1 rings (SSSR count). The highest BCUT2D eigenvalue weighted by atomic mass is 35.5. The number of methoxy groups -OCH3 is 1. The molecule has 120 valence electrons. The standard InChI is InChI=1S/C13H20ClNO5S/c1-9(2)20-5-4-15-21(17,18)12-7-11(14)6-10(8-16)13(12)19-3/h6-7,9,15-16H,4-5,8H2,1-3H3. The van der Waals surface area contributed by atoms with Gasteiger partial charge in [-0.05, 0) is 26.0 Å². The molecule has 6 nitrogen and oxygen atoms in total. The third-order valence-corrected chi connectivity index (χ3v) is 4.29. The Balaban J connectivity index is 2.99. The summed E-state index contributed by atoms with van der Waals surface area (Å²) in [6.07, 6.45) is 0.0243. The molecule has 0 bridgehead atoms. The van der Waals surface area contributed by atoms with Crippen molar-refractivity contribution < 1.29 is 23.0 Å². The summed E-state index contributed by atoms with van der Waals surface area (Å²) in [6, 6.07) is 2.74. The van der Waals surface area contributed by atoms with Crippen molar-refractivity contribution >= 4 is 21.6 Å². The lowest BCUT2D eigenvalue weighted by atomic mass is 10.2. The van der Waals surface area contributed by atoms with E-state index in [9.17, 15) is 13.5 Å². The zero-order chi connectivity index (χ0) is 16.0. The third-order valence-electron chi connectivity index (χ3n) is 2.61. The molecular formula is C13H20ClNO5S. The average Bonchev–Trinajstić information content (AvgIpc) is 2.42. The topological polar surface area (TPSA) is 84.9 Å². The van der Waals surface area contributed by atoms with Gasteiger partial charge in [-0.2, -0.15) is 0 Å². The van der Waals surface area contributed by atoms with Crippen LogP contribution in [-0.2, 0) is 21.4 Å². The first-order valence-corrected chi connectivity index (χ1v) is 8.26. The lowest BCUT2D eigenvalue weighted by molar-refractivity contribution is 0.0834. The molecule has 0 radical (unpaired) electrons. The first-order chi connectivity index (χ1) is 9.81. The molecule has 1 aromatic rings. The zero-order valence-corrected chi connectivity index (χ0v) is 13.8. The van der Waals surface area contributed by atoms with Gasteiger partial charge in [0.2, 0.25) is 10.0 Å². The van der Waals surface area contributed by atoms with Crippen LogP contribution in [0.1, 0.15) is 19.4 Å². The van der Waals surface area contributed by atoms with Gasteiger partial charge in [0.1, 0.15) is 10.6 Å². The molecule has 0 fully saturated rings. The van der Waals surface area contributed by atoms with Crippen molar-refractivity contribution in [1.82, 2.24) is 4.72 Å². The van der Waals surface area contributed by atoms with Gasteiger partial charge in [0.05, 0.1) is 26.4 Å². The monoisotopic (exact) mass is 337 g/mol. The molecule has 0 saturated heterocycles. The first-order valence-electron chi connectivity index (χ1n) is 6.40. The Morgan fingerprint density at radius 3 is 2.57 bits per heavy atom. The van der Waals surface area contributed by atoms with Crippen LogP contribution in [0, 0.1) is 0 Å².